The average molecular weight is 234 g/mol. The second-order valence-electron chi connectivity index (χ2n) is 5.15. The molecular formula is C14H22OSi. The first-order valence-corrected chi connectivity index (χ1v) is 9.44. The molecule has 0 saturated carbocycles. The van der Waals surface area contributed by atoms with E-state index in [4.69, 9.17) is 4.74 Å². The van der Waals surface area contributed by atoms with E-state index in [-0.39, 0.29) is 0 Å². The van der Waals surface area contributed by atoms with Gasteiger partial charge in [0.05, 0.1) is 13.8 Å². The lowest BCUT2D eigenvalue weighted by Gasteiger charge is -2.28. The van der Waals surface area contributed by atoms with E-state index in [9.17, 15) is 0 Å². The Kier molecular flexibility index (Phi) is 4.36. The van der Waals surface area contributed by atoms with Gasteiger partial charge in [-0.15, -0.1) is 0 Å². The van der Waals surface area contributed by atoms with Gasteiger partial charge in [0.15, 0.2) is 0 Å². The van der Waals surface area contributed by atoms with Gasteiger partial charge in [-0.2, -0.15) is 0 Å². The Labute approximate surface area is 100 Å². The molecule has 1 nitrogen and oxygen atoms in total. The summed E-state index contributed by atoms with van der Waals surface area (Å²) in [4.78, 5) is 0. The maximum absolute atomic E-state index is 6.05. The minimum absolute atomic E-state index is 0.391. The summed E-state index contributed by atoms with van der Waals surface area (Å²) in [7, 11) is -1.23. The number of ether oxygens (including phenoxy) is 1. The lowest BCUT2D eigenvalue weighted by molar-refractivity contribution is 0.265. The molecule has 1 aromatic rings. The molecular weight excluding hydrogens is 212 g/mol. The first kappa shape index (κ1) is 13.0. The van der Waals surface area contributed by atoms with Crippen molar-refractivity contribution < 1.29 is 4.74 Å². The van der Waals surface area contributed by atoms with Crippen molar-refractivity contribution in [3.8, 4) is 5.75 Å². The van der Waals surface area contributed by atoms with Crippen molar-refractivity contribution in [2.24, 2.45) is 0 Å². The maximum atomic E-state index is 6.05. The minimum Gasteiger partial charge on any atom is -0.494 e. The van der Waals surface area contributed by atoms with Gasteiger partial charge in [-0.3, -0.25) is 0 Å². The highest BCUT2D eigenvalue weighted by atomic mass is 28.3. The van der Waals surface area contributed by atoms with Crippen LogP contribution in [-0.4, -0.2) is 13.8 Å². The summed E-state index contributed by atoms with van der Waals surface area (Å²) in [5.74, 6) is 0.972. The summed E-state index contributed by atoms with van der Waals surface area (Å²) >= 11 is 0. The topological polar surface area (TPSA) is 9.23 Å². The average Bonchev–Trinajstić information content (AvgIpc) is 2.25. The Morgan fingerprint density at radius 3 is 2.19 bits per heavy atom. The molecule has 0 N–H and O–H groups in total. The molecule has 0 radical (unpaired) electrons. The minimum atomic E-state index is -1.23. The standard InChI is InChI=1S/C14H22OSi/c1-6-12-8-10-13(11-9-12)15-14(7-2)16(3,4)5/h6,8-11,14H,1,7H2,2-5H3. The third-order valence-corrected chi connectivity index (χ3v) is 5.19. The smallest absolute Gasteiger partial charge is 0.119 e. The second kappa shape index (κ2) is 5.35. The van der Waals surface area contributed by atoms with Crippen LogP contribution in [0.1, 0.15) is 18.9 Å². The number of benzene rings is 1. The van der Waals surface area contributed by atoms with Crippen LogP contribution in [0.5, 0.6) is 5.75 Å². The molecule has 1 rings (SSSR count). The van der Waals surface area contributed by atoms with Crippen LogP contribution in [0.3, 0.4) is 0 Å². The predicted molar refractivity (Wildman–Crippen MR) is 74.6 cm³/mol. The van der Waals surface area contributed by atoms with E-state index in [0.29, 0.717) is 5.73 Å². The van der Waals surface area contributed by atoms with Crippen LogP contribution in [0.2, 0.25) is 19.6 Å². The van der Waals surface area contributed by atoms with Gasteiger partial charge < -0.3 is 4.74 Å². The SMILES string of the molecule is C=Cc1ccc(OC(CC)[Si](C)(C)C)cc1. The van der Waals surface area contributed by atoms with E-state index in [2.05, 4.69) is 33.1 Å². The summed E-state index contributed by atoms with van der Waals surface area (Å²) in [5, 5.41) is 0. The van der Waals surface area contributed by atoms with Crippen LogP contribution in [-0.2, 0) is 0 Å². The van der Waals surface area contributed by atoms with Gasteiger partial charge in [0.2, 0.25) is 0 Å². The van der Waals surface area contributed by atoms with E-state index in [0.717, 1.165) is 17.7 Å². The first-order chi connectivity index (χ1) is 7.47. The van der Waals surface area contributed by atoms with Crippen molar-refractivity contribution >= 4 is 14.1 Å². The van der Waals surface area contributed by atoms with Crippen LogP contribution in [0.4, 0.5) is 0 Å². The molecule has 0 aliphatic carbocycles. The second-order valence-corrected chi connectivity index (χ2v) is 10.5. The molecule has 0 heterocycles. The van der Waals surface area contributed by atoms with Crippen molar-refractivity contribution in [3.05, 3.63) is 36.4 Å². The van der Waals surface area contributed by atoms with Crippen molar-refractivity contribution in [1.82, 2.24) is 0 Å². The van der Waals surface area contributed by atoms with Crippen molar-refractivity contribution in [2.45, 2.75) is 38.7 Å². The molecule has 1 unspecified atom stereocenters. The Morgan fingerprint density at radius 1 is 1.25 bits per heavy atom. The van der Waals surface area contributed by atoms with Gasteiger partial charge in [0.25, 0.3) is 0 Å². The molecule has 16 heavy (non-hydrogen) atoms. The van der Waals surface area contributed by atoms with Crippen LogP contribution < -0.4 is 4.74 Å². The molecule has 0 saturated heterocycles. The van der Waals surface area contributed by atoms with Crippen LogP contribution in [0.15, 0.2) is 30.8 Å². The van der Waals surface area contributed by atoms with Gasteiger partial charge >= 0.3 is 0 Å². The fourth-order valence-electron chi connectivity index (χ4n) is 1.72. The fourth-order valence-corrected chi connectivity index (χ4v) is 3.43. The Balaban J connectivity index is 2.74. The summed E-state index contributed by atoms with van der Waals surface area (Å²) in [6.45, 7) is 13.0. The number of hydrogen-bond acceptors (Lipinski definition) is 1. The van der Waals surface area contributed by atoms with Crippen molar-refractivity contribution in [2.75, 3.05) is 0 Å². The number of rotatable bonds is 5. The van der Waals surface area contributed by atoms with Crippen molar-refractivity contribution in [1.29, 1.82) is 0 Å². The first-order valence-electron chi connectivity index (χ1n) is 5.86. The van der Waals surface area contributed by atoms with Gasteiger partial charge in [-0.25, -0.2) is 0 Å². The molecule has 88 valence electrons. The molecule has 2 heteroatoms. The van der Waals surface area contributed by atoms with Crippen LogP contribution in [0.25, 0.3) is 6.08 Å². The van der Waals surface area contributed by atoms with Crippen molar-refractivity contribution in [3.63, 3.8) is 0 Å². The normalized spacial score (nSPS) is 13.2. The monoisotopic (exact) mass is 234 g/mol. The van der Waals surface area contributed by atoms with E-state index in [1.807, 2.05) is 30.3 Å². The van der Waals surface area contributed by atoms with Gasteiger partial charge in [0, 0.05) is 0 Å². The molecule has 0 amide bonds. The lowest BCUT2D eigenvalue weighted by Crippen LogP contribution is -2.42. The molecule has 0 spiro atoms. The molecule has 0 bridgehead atoms. The summed E-state index contributed by atoms with van der Waals surface area (Å²) in [6.07, 6.45) is 2.93. The third kappa shape index (κ3) is 3.53. The number of hydrogen-bond donors (Lipinski definition) is 0. The molecule has 0 aromatic heterocycles. The highest BCUT2D eigenvalue weighted by molar-refractivity contribution is 6.77. The Bertz CT molecular complexity index is 335. The lowest BCUT2D eigenvalue weighted by atomic mass is 10.2. The maximum Gasteiger partial charge on any atom is 0.119 e. The molecule has 0 aliphatic heterocycles. The quantitative estimate of drug-likeness (QED) is 0.688. The van der Waals surface area contributed by atoms with Gasteiger partial charge in [0.1, 0.15) is 5.75 Å². The largest absolute Gasteiger partial charge is 0.494 e. The van der Waals surface area contributed by atoms with E-state index in [1.165, 1.54) is 0 Å². The predicted octanol–water partition coefficient (Wildman–Crippen LogP) is 4.36. The molecule has 0 aliphatic rings. The highest BCUT2D eigenvalue weighted by Crippen LogP contribution is 2.20. The zero-order chi connectivity index (χ0) is 12.2. The Hall–Kier alpha value is -1.02. The van der Waals surface area contributed by atoms with Crippen LogP contribution >= 0.6 is 0 Å². The molecule has 1 atom stereocenters. The van der Waals surface area contributed by atoms with Gasteiger partial charge in [-0.1, -0.05) is 51.4 Å². The summed E-state index contributed by atoms with van der Waals surface area (Å²) in [5.41, 5.74) is 1.52. The highest BCUT2D eigenvalue weighted by Gasteiger charge is 2.26. The van der Waals surface area contributed by atoms with Crippen LogP contribution in [0, 0.1) is 0 Å². The van der Waals surface area contributed by atoms with E-state index in [1.54, 1.807) is 0 Å². The van der Waals surface area contributed by atoms with E-state index < -0.39 is 8.07 Å². The fraction of sp³-hybridized carbons (Fsp3) is 0.429. The third-order valence-electron chi connectivity index (χ3n) is 2.73. The zero-order valence-electron chi connectivity index (χ0n) is 10.8. The zero-order valence-corrected chi connectivity index (χ0v) is 11.8. The summed E-state index contributed by atoms with van der Waals surface area (Å²) < 4.78 is 6.05. The van der Waals surface area contributed by atoms with E-state index >= 15 is 0 Å². The molecule has 1 aromatic carbocycles. The Morgan fingerprint density at radius 2 is 1.81 bits per heavy atom. The summed E-state index contributed by atoms with van der Waals surface area (Å²) in [6, 6.07) is 8.14. The van der Waals surface area contributed by atoms with Gasteiger partial charge in [-0.05, 0) is 24.1 Å². The molecule has 0 fully saturated rings.